The lowest BCUT2D eigenvalue weighted by Crippen LogP contribution is -2.37. The summed E-state index contributed by atoms with van der Waals surface area (Å²) in [7, 11) is 1.57. The van der Waals surface area contributed by atoms with Crippen LogP contribution >= 0.6 is 11.3 Å². The molecule has 2 aromatic carbocycles. The van der Waals surface area contributed by atoms with Crippen molar-refractivity contribution >= 4 is 29.2 Å². The van der Waals surface area contributed by atoms with Gasteiger partial charge in [-0.3, -0.25) is 9.59 Å². The summed E-state index contributed by atoms with van der Waals surface area (Å²) >= 11 is 1.50. The van der Waals surface area contributed by atoms with Crippen LogP contribution in [0.1, 0.15) is 47.1 Å². The zero-order valence-electron chi connectivity index (χ0n) is 18.5. The van der Waals surface area contributed by atoms with Gasteiger partial charge in [-0.1, -0.05) is 50.2 Å². The minimum Gasteiger partial charge on any atom is -0.497 e. The minimum absolute atomic E-state index is 0.159. The minimum atomic E-state index is -0.356. The molecule has 1 heterocycles. The Morgan fingerprint density at radius 3 is 2.31 bits per heavy atom. The van der Waals surface area contributed by atoms with Crippen LogP contribution in [0.4, 0.5) is 0 Å². The van der Waals surface area contributed by atoms with Crippen molar-refractivity contribution in [1.82, 2.24) is 10.6 Å². The molecule has 1 atom stereocenters. The summed E-state index contributed by atoms with van der Waals surface area (Å²) in [6, 6.07) is 20.3. The van der Waals surface area contributed by atoms with E-state index in [-0.39, 0.29) is 23.6 Å². The second-order valence-electron chi connectivity index (χ2n) is 7.82. The van der Waals surface area contributed by atoms with Crippen LogP contribution in [0.2, 0.25) is 0 Å². The first-order chi connectivity index (χ1) is 15.5. The third kappa shape index (κ3) is 6.56. The van der Waals surface area contributed by atoms with E-state index < -0.39 is 0 Å². The highest BCUT2D eigenvalue weighted by Gasteiger charge is 2.20. The van der Waals surface area contributed by atoms with Crippen LogP contribution in [0, 0.1) is 5.92 Å². The van der Waals surface area contributed by atoms with Crippen molar-refractivity contribution in [2.45, 2.75) is 26.3 Å². The normalized spacial score (nSPS) is 12.3. The molecule has 0 saturated carbocycles. The molecule has 0 saturated heterocycles. The lowest BCUT2D eigenvalue weighted by atomic mass is 9.97. The van der Waals surface area contributed by atoms with Gasteiger partial charge in [0.15, 0.2) is 0 Å². The van der Waals surface area contributed by atoms with Crippen molar-refractivity contribution < 1.29 is 14.3 Å². The van der Waals surface area contributed by atoms with Gasteiger partial charge in [-0.15, -0.1) is 11.3 Å². The van der Waals surface area contributed by atoms with E-state index in [2.05, 4.69) is 24.5 Å². The Morgan fingerprint density at radius 1 is 1.00 bits per heavy atom. The fraction of sp³-hybridized carbons (Fsp3) is 0.231. The molecule has 32 heavy (non-hydrogen) atoms. The number of ether oxygens (including phenoxy) is 1. The molecule has 1 aromatic heterocycles. The summed E-state index contributed by atoms with van der Waals surface area (Å²) in [5.74, 6) is 0.368. The fourth-order valence-corrected chi connectivity index (χ4v) is 3.94. The van der Waals surface area contributed by atoms with Crippen molar-refractivity contribution in [3.63, 3.8) is 0 Å². The van der Waals surface area contributed by atoms with E-state index in [1.807, 2.05) is 47.8 Å². The predicted molar refractivity (Wildman–Crippen MR) is 130 cm³/mol. The zero-order valence-corrected chi connectivity index (χ0v) is 19.3. The Labute approximate surface area is 193 Å². The summed E-state index contributed by atoms with van der Waals surface area (Å²) in [5.41, 5.74) is 1.68. The summed E-state index contributed by atoms with van der Waals surface area (Å²) in [5, 5.41) is 7.84. The number of benzene rings is 2. The molecule has 3 aromatic rings. The van der Waals surface area contributed by atoms with Gasteiger partial charge < -0.3 is 15.4 Å². The molecule has 5 nitrogen and oxygen atoms in total. The van der Waals surface area contributed by atoms with Crippen molar-refractivity contribution in [3.05, 3.63) is 93.8 Å². The van der Waals surface area contributed by atoms with Gasteiger partial charge in [0.25, 0.3) is 11.8 Å². The van der Waals surface area contributed by atoms with Crippen LogP contribution in [0.5, 0.6) is 5.75 Å². The van der Waals surface area contributed by atoms with E-state index in [1.165, 1.54) is 11.3 Å². The molecule has 2 amide bonds. The second kappa shape index (κ2) is 11.3. The number of thiophene rings is 1. The van der Waals surface area contributed by atoms with Crippen LogP contribution in [-0.2, 0) is 4.79 Å². The van der Waals surface area contributed by atoms with Crippen molar-refractivity contribution in [1.29, 1.82) is 0 Å². The topological polar surface area (TPSA) is 67.4 Å². The maximum Gasteiger partial charge on any atom is 0.268 e. The Kier molecular flexibility index (Phi) is 8.22. The smallest absolute Gasteiger partial charge is 0.268 e. The van der Waals surface area contributed by atoms with Crippen LogP contribution in [0.25, 0.3) is 6.08 Å². The average molecular weight is 449 g/mol. The zero-order chi connectivity index (χ0) is 22.9. The van der Waals surface area contributed by atoms with E-state index in [1.54, 1.807) is 37.5 Å². The molecule has 0 unspecified atom stereocenters. The summed E-state index contributed by atoms with van der Waals surface area (Å²) in [4.78, 5) is 27.0. The molecule has 3 rings (SSSR count). The number of methoxy groups -OCH3 is 1. The average Bonchev–Trinajstić information content (AvgIpc) is 3.31. The van der Waals surface area contributed by atoms with Gasteiger partial charge in [0.1, 0.15) is 11.4 Å². The quantitative estimate of drug-likeness (QED) is 0.429. The summed E-state index contributed by atoms with van der Waals surface area (Å²) in [6.45, 7) is 4.24. The van der Waals surface area contributed by atoms with Crippen LogP contribution in [-0.4, -0.2) is 18.9 Å². The Balaban J connectivity index is 1.84. The molecule has 0 aliphatic rings. The van der Waals surface area contributed by atoms with E-state index in [0.29, 0.717) is 17.2 Å². The summed E-state index contributed by atoms with van der Waals surface area (Å²) in [6.07, 6.45) is 2.49. The molecule has 2 N–H and O–H groups in total. The Bertz CT molecular complexity index is 1040. The molecule has 0 aliphatic carbocycles. The van der Waals surface area contributed by atoms with Gasteiger partial charge in [-0.05, 0) is 59.7 Å². The molecule has 0 spiro atoms. The van der Waals surface area contributed by atoms with Gasteiger partial charge in [0.2, 0.25) is 0 Å². The number of hydrogen-bond acceptors (Lipinski definition) is 4. The highest BCUT2D eigenvalue weighted by molar-refractivity contribution is 7.10. The lowest BCUT2D eigenvalue weighted by molar-refractivity contribution is -0.118. The van der Waals surface area contributed by atoms with Gasteiger partial charge in [-0.25, -0.2) is 0 Å². The molecule has 6 heteroatoms. The van der Waals surface area contributed by atoms with Gasteiger partial charge in [0.05, 0.1) is 13.2 Å². The van der Waals surface area contributed by atoms with Gasteiger partial charge in [0, 0.05) is 10.4 Å². The van der Waals surface area contributed by atoms with Crippen molar-refractivity contribution in [2.75, 3.05) is 7.11 Å². The molecular weight excluding hydrogens is 420 g/mol. The van der Waals surface area contributed by atoms with Crippen LogP contribution in [0.15, 0.2) is 77.8 Å². The number of amides is 2. The monoisotopic (exact) mass is 448 g/mol. The third-order valence-electron chi connectivity index (χ3n) is 4.89. The first kappa shape index (κ1) is 23.3. The standard InChI is InChI=1S/C26H28N2O3S/c1-18(2)16-23(19-8-5-4-6-9-19)27-26(30)24(17-22-10-7-15-32-22)28-25(29)20-11-13-21(31-3)14-12-20/h4-15,17-18,23H,16H2,1-3H3,(H,27,30)(H,28,29)/b24-17-/t23-/m0/s1. The maximum absolute atomic E-state index is 13.3. The van der Waals surface area contributed by atoms with E-state index in [9.17, 15) is 9.59 Å². The predicted octanol–water partition coefficient (Wildman–Crippen LogP) is 5.43. The highest BCUT2D eigenvalue weighted by Crippen LogP contribution is 2.22. The molecule has 0 radical (unpaired) electrons. The summed E-state index contributed by atoms with van der Waals surface area (Å²) < 4.78 is 5.15. The van der Waals surface area contributed by atoms with Gasteiger partial charge in [-0.2, -0.15) is 0 Å². The van der Waals surface area contributed by atoms with Crippen LogP contribution in [0.3, 0.4) is 0 Å². The Hall–Kier alpha value is -3.38. The first-order valence-electron chi connectivity index (χ1n) is 10.5. The molecule has 0 aliphatic heterocycles. The second-order valence-corrected chi connectivity index (χ2v) is 8.80. The SMILES string of the molecule is COc1ccc(C(=O)N/C(=C\c2cccs2)C(=O)N[C@@H](CC(C)C)c2ccccc2)cc1. The van der Waals surface area contributed by atoms with E-state index >= 15 is 0 Å². The van der Waals surface area contributed by atoms with Crippen molar-refractivity contribution in [3.8, 4) is 5.75 Å². The molecule has 0 fully saturated rings. The third-order valence-corrected chi connectivity index (χ3v) is 5.71. The lowest BCUT2D eigenvalue weighted by Gasteiger charge is -2.22. The first-order valence-corrected chi connectivity index (χ1v) is 11.4. The fourth-order valence-electron chi connectivity index (χ4n) is 3.28. The maximum atomic E-state index is 13.3. The molecule has 166 valence electrons. The highest BCUT2D eigenvalue weighted by atomic mass is 32.1. The number of carbonyl (C=O) groups is 2. The number of rotatable bonds is 9. The largest absolute Gasteiger partial charge is 0.497 e. The number of carbonyl (C=O) groups excluding carboxylic acids is 2. The number of nitrogens with one attached hydrogen (secondary N) is 2. The molecular formula is C26H28N2O3S. The Morgan fingerprint density at radius 2 is 1.72 bits per heavy atom. The molecule has 0 bridgehead atoms. The van der Waals surface area contributed by atoms with Crippen LogP contribution < -0.4 is 15.4 Å². The van der Waals surface area contributed by atoms with Gasteiger partial charge >= 0.3 is 0 Å². The van der Waals surface area contributed by atoms with E-state index in [0.717, 1.165) is 16.9 Å². The van der Waals surface area contributed by atoms with E-state index in [4.69, 9.17) is 4.74 Å². The number of hydrogen-bond donors (Lipinski definition) is 2. The van der Waals surface area contributed by atoms with Crippen molar-refractivity contribution in [2.24, 2.45) is 5.92 Å².